The van der Waals surface area contributed by atoms with Gasteiger partial charge in [-0.2, -0.15) is 0 Å². The van der Waals surface area contributed by atoms with Gasteiger partial charge in [-0.1, -0.05) is 13.3 Å². The van der Waals surface area contributed by atoms with Crippen molar-refractivity contribution in [2.45, 2.75) is 71.0 Å². The van der Waals surface area contributed by atoms with Crippen LogP contribution in [-0.4, -0.2) is 28.9 Å². The Morgan fingerprint density at radius 3 is 2.40 bits per heavy atom. The highest BCUT2D eigenvalue weighted by atomic mass is 16.2. The minimum Gasteiger partial charge on any atom is -0.336 e. The van der Waals surface area contributed by atoms with Crippen molar-refractivity contribution >= 4 is 5.91 Å². The van der Waals surface area contributed by atoms with Crippen LogP contribution in [-0.2, 0) is 4.79 Å². The van der Waals surface area contributed by atoms with E-state index >= 15 is 0 Å². The third-order valence-corrected chi connectivity index (χ3v) is 3.20. The second-order valence-electron chi connectivity index (χ2n) is 4.82. The number of nitrogens with zero attached hydrogens (tertiary/aromatic N) is 1. The van der Waals surface area contributed by atoms with Crippen LogP contribution in [0.2, 0.25) is 0 Å². The van der Waals surface area contributed by atoms with E-state index in [1.807, 2.05) is 4.90 Å². The van der Waals surface area contributed by atoms with Crippen LogP contribution in [0.25, 0.3) is 0 Å². The van der Waals surface area contributed by atoms with Gasteiger partial charge in [0.15, 0.2) is 0 Å². The van der Waals surface area contributed by atoms with E-state index in [1.54, 1.807) is 0 Å². The van der Waals surface area contributed by atoms with Crippen molar-refractivity contribution in [2.75, 3.05) is 0 Å². The number of hydrogen-bond donors (Lipinski definition) is 1. The molecule has 15 heavy (non-hydrogen) atoms. The molecule has 0 aromatic heterocycles. The lowest BCUT2D eigenvalue weighted by Gasteiger charge is -2.41. The molecule has 0 radical (unpaired) electrons. The van der Waals surface area contributed by atoms with Crippen LogP contribution >= 0.6 is 0 Å². The topological polar surface area (TPSA) is 46.3 Å². The zero-order valence-corrected chi connectivity index (χ0v) is 10.2. The molecule has 0 aromatic rings. The molecule has 1 aliphatic rings. The molecular weight excluding hydrogens is 188 g/mol. The summed E-state index contributed by atoms with van der Waals surface area (Å²) in [6.07, 6.45) is 5.34. The maximum atomic E-state index is 12.1. The quantitative estimate of drug-likeness (QED) is 0.756. The molecule has 2 N–H and O–H groups in total. The Kier molecular flexibility index (Phi) is 4.58. The van der Waals surface area contributed by atoms with E-state index in [0.717, 1.165) is 25.7 Å². The van der Waals surface area contributed by atoms with E-state index in [1.165, 1.54) is 6.42 Å². The third-order valence-electron chi connectivity index (χ3n) is 3.20. The van der Waals surface area contributed by atoms with Crippen molar-refractivity contribution < 1.29 is 4.79 Å². The number of hydrogen-bond acceptors (Lipinski definition) is 2. The molecule has 1 atom stereocenters. The van der Waals surface area contributed by atoms with Crippen LogP contribution in [0, 0.1) is 0 Å². The van der Waals surface area contributed by atoms with Crippen molar-refractivity contribution in [1.29, 1.82) is 0 Å². The summed E-state index contributed by atoms with van der Waals surface area (Å²) in [5.41, 5.74) is 5.89. The SMILES string of the molecule is CCCC(N)C(=O)N(C(C)C)C1CCC1. The Morgan fingerprint density at radius 1 is 1.47 bits per heavy atom. The molecule has 0 bridgehead atoms. The maximum Gasteiger partial charge on any atom is 0.239 e. The van der Waals surface area contributed by atoms with Crippen LogP contribution in [0.15, 0.2) is 0 Å². The molecule has 3 nitrogen and oxygen atoms in total. The van der Waals surface area contributed by atoms with Gasteiger partial charge < -0.3 is 10.6 Å². The number of rotatable bonds is 5. The maximum absolute atomic E-state index is 12.1. The largest absolute Gasteiger partial charge is 0.336 e. The standard InChI is InChI=1S/C12H24N2O/c1-4-6-11(13)12(15)14(9(2)3)10-7-5-8-10/h9-11H,4-8,13H2,1-3H3. The van der Waals surface area contributed by atoms with Gasteiger partial charge in [0, 0.05) is 12.1 Å². The molecule has 88 valence electrons. The fourth-order valence-corrected chi connectivity index (χ4v) is 2.15. The van der Waals surface area contributed by atoms with Gasteiger partial charge in [-0.3, -0.25) is 4.79 Å². The Morgan fingerprint density at radius 2 is 2.07 bits per heavy atom. The first-order valence-corrected chi connectivity index (χ1v) is 6.15. The van der Waals surface area contributed by atoms with E-state index in [-0.39, 0.29) is 18.0 Å². The summed E-state index contributed by atoms with van der Waals surface area (Å²) < 4.78 is 0. The molecule has 1 unspecified atom stereocenters. The molecule has 0 saturated heterocycles. The number of nitrogens with two attached hydrogens (primary N) is 1. The van der Waals surface area contributed by atoms with Crippen molar-refractivity contribution in [3.05, 3.63) is 0 Å². The first-order valence-electron chi connectivity index (χ1n) is 6.15. The van der Waals surface area contributed by atoms with Gasteiger partial charge in [0.2, 0.25) is 5.91 Å². The van der Waals surface area contributed by atoms with Crippen molar-refractivity contribution in [3.63, 3.8) is 0 Å². The highest BCUT2D eigenvalue weighted by Crippen LogP contribution is 2.27. The molecule has 1 rings (SSSR count). The molecule has 3 heteroatoms. The predicted octanol–water partition coefficient (Wildman–Crippen LogP) is 1.90. The van der Waals surface area contributed by atoms with Crippen LogP contribution in [0.1, 0.15) is 52.9 Å². The summed E-state index contributed by atoms with van der Waals surface area (Å²) in [6.45, 7) is 6.22. The molecule has 0 aliphatic heterocycles. The summed E-state index contributed by atoms with van der Waals surface area (Å²) in [5, 5.41) is 0. The first kappa shape index (κ1) is 12.5. The van der Waals surface area contributed by atoms with E-state index in [4.69, 9.17) is 5.73 Å². The lowest BCUT2D eigenvalue weighted by molar-refractivity contribution is -0.139. The Labute approximate surface area is 93.0 Å². The monoisotopic (exact) mass is 212 g/mol. The van der Waals surface area contributed by atoms with Gasteiger partial charge in [0.1, 0.15) is 0 Å². The minimum atomic E-state index is -0.294. The second kappa shape index (κ2) is 5.50. The van der Waals surface area contributed by atoms with E-state index in [0.29, 0.717) is 6.04 Å². The molecule has 0 heterocycles. The first-order chi connectivity index (χ1) is 7.07. The number of carbonyl (C=O) groups excluding carboxylic acids is 1. The van der Waals surface area contributed by atoms with Gasteiger partial charge >= 0.3 is 0 Å². The van der Waals surface area contributed by atoms with Gasteiger partial charge in [0.05, 0.1) is 6.04 Å². The second-order valence-corrected chi connectivity index (χ2v) is 4.82. The highest BCUT2D eigenvalue weighted by molar-refractivity contribution is 5.82. The predicted molar refractivity (Wildman–Crippen MR) is 62.5 cm³/mol. The average molecular weight is 212 g/mol. The third kappa shape index (κ3) is 2.94. The molecule has 1 amide bonds. The Bertz CT molecular complexity index is 212. The fourth-order valence-electron chi connectivity index (χ4n) is 2.15. The lowest BCUT2D eigenvalue weighted by atomic mass is 9.90. The van der Waals surface area contributed by atoms with E-state index in [9.17, 15) is 4.79 Å². The molecule has 0 spiro atoms. The molecule has 1 aliphatic carbocycles. The highest BCUT2D eigenvalue weighted by Gasteiger charge is 2.32. The van der Waals surface area contributed by atoms with Gasteiger partial charge in [-0.05, 0) is 39.5 Å². The normalized spacial score (nSPS) is 18.7. The van der Waals surface area contributed by atoms with Gasteiger partial charge in [-0.25, -0.2) is 0 Å². The zero-order chi connectivity index (χ0) is 11.4. The summed E-state index contributed by atoms with van der Waals surface area (Å²) >= 11 is 0. The number of carbonyl (C=O) groups is 1. The Hall–Kier alpha value is -0.570. The van der Waals surface area contributed by atoms with Crippen LogP contribution < -0.4 is 5.73 Å². The van der Waals surface area contributed by atoms with Crippen LogP contribution in [0.5, 0.6) is 0 Å². The summed E-state index contributed by atoms with van der Waals surface area (Å²) in [5.74, 6) is 0.150. The van der Waals surface area contributed by atoms with Gasteiger partial charge in [-0.15, -0.1) is 0 Å². The summed E-state index contributed by atoms with van der Waals surface area (Å²) in [7, 11) is 0. The lowest BCUT2D eigenvalue weighted by Crippen LogP contribution is -2.53. The fraction of sp³-hybridized carbons (Fsp3) is 0.917. The van der Waals surface area contributed by atoms with Crippen LogP contribution in [0.3, 0.4) is 0 Å². The summed E-state index contributed by atoms with van der Waals surface area (Å²) in [4.78, 5) is 14.1. The van der Waals surface area contributed by atoms with Gasteiger partial charge in [0.25, 0.3) is 0 Å². The van der Waals surface area contributed by atoms with E-state index < -0.39 is 0 Å². The molecular formula is C12H24N2O. The molecule has 1 fully saturated rings. The summed E-state index contributed by atoms with van der Waals surface area (Å²) in [6, 6.07) is 0.448. The van der Waals surface area contributed by atoms with E-state index in [2.05, 4.69) is 20.8 Å². The molecule has 0 aromatic carbocycles. The Balaban J connectivity index is 2.58. The smallest absolute Gasteiger partial charge is 0.239 e. The van der Waals surface area contributed by atoms with Crippen LogP contribution in [0.4, 0.5) is 0 Å². The van der Waals surface area contributed by atoms with Crippen molar-refractivity contribution in [2.24, 2.45) is 5.73 Å². The van der Waals surface area contributed by atoms with Crippen molar-refractivity contribution in [1.82, 2.24) is 4.90 Å². The zero-order valence-electron chi connectivity index (χ0n) is 10.2. The number of amides is 1. The van der Waals surface area contributed by atoms with Crippen molar-refractivity contribution in [3.8, 4) is 0 Å². The average Bonchev–Trinajstić information content (AvgIpc) is 2.09. The minimum absolute atomic E-state index is 0.150. The molecule has 1 saturated carbocycles.